The van der Waals surface area contributed by atoms with Crippen LogP contribution < -0.4 is 10.6 Å². The topological polar surface area (TPSA) is 64.5 Å². The Morgan fingerprint density at radius 2 is 2.07 bits per heavy atom. The van der Waals surface area contributed by atoms with Crippen LogP contribution in [0.5, 0.6) is 0 Å². The Hall–Kier alpha value is -0.840. The van der Waals surface area contributed by atoms with Crippen molar-refractivity contribution in [3.63, 3.8) is 0 Å². The molecule has 0 radical (unpaired) electrons. The Labute approximate surface area is 89.7 Å². The predicted molar refractivity (Wildman–Crippen MR) is 58.0 cm³/mol. The zero-order valence-electron chi connectivity index (χ0n) is 8.69. The molecule has 0 aromatic carbocycles. The second-order valence-corrected chi connectivity index (χ2v) is 4.17. The van der Waals surface area contributed by atoms with Gasteiger partial charge in [-0.2, -0.15) is 0 Å². The number of nitrogens with one attached hydrogen (secondary N) is 2. The molecular weight excluding hydrogens is 192 g/mol. The van der Waals surface area contributed by atoms with Crippen molar-refractivity contribution in [1.82, 2.24) is 10.6 Å². The molecule has 2 rings (SSSR count). The number of aliphatic hydroxyl groups is 2. The maximum Gasteiger partial charge on any atom is 0.203 e. The molecule has 4 nitrogen and oxygen atoms in total. The first-order valence-corrected chi connectivity index (χ1v) is 5.49. The molecular formula is C11H18N2O2. The van der Waals surface area contributed by atoms with Crippen molar-refractivity contribution in [2.45, 2.75) is 37.1 Å². The van der Waals surface area contributed by atoms with Crippen LogP contribution in [0, 0.1) is 0 Å². The fraction of sp³-hybridized carbons (Fsp3) is 0.636. The van der Waals surface area contributed by atoms with Crippen LogP contribution in [0.2, 0.25) is 0 Å². The lowest BCUT2D eigenvalue weighted by Crippen LogP contribution is -2.62. The lowest BCUT2D eigenvalue weighted by atomic mass is 9.91. The van der Waals surface area contributed by atoms with Gasteiger partial charge in [-0.25, -0.2) is 0 Å². The van der Waals surface area contributed by atoms with E-state index in [2.05, 4.69) is 10.6 Å². The molecule has 4 heteroatoms. The third kappa shape index (κ3) is 2.22. The molecule has 15 heavy (non-hydrogen) atoms. The fourth-order valence-corrected chi connectivity index (χ4v) is 2.14. The van der Waals surface area contributed by atoms with Gasteiger partial charge in [-0.1, -0.05) is 18.6 Å². The van der Waals surface area contributed by atoms with E-state index < -0.39 is 11.8 Å². The molecule has 0 saturated carbocycles. The molecule has 1 saturated heterocycles. The fourth-order valence-electron chi connectivity index (χ4n) is 2.14. The van der Waals surface area contributed by atoms with Gasteiger partial charge in [-0.05, 0) is 31.7 Å². The Morgan fingerprint density at radius 3 is 2.67 bits per heavy atom. The van der Waals surface area contributed by atoms with Crippen LogP contribution in [0.3, 0.4) is 0 Å². The summed E-state index contributed by atoms with van der Waals surface area (Å²) < 4.78 is 0. The van der Waals surface area contributed by atoms with Gasteiger partial charge >= 0.3 is 0 Å². The summed E-state index contributed by atoms with van der Waals surface area (Å²) in [5.74, 6) is -1.72. The predicted octanol–water partition coefficient (Wildman–Crippen LogP) is -0.149. The summed E-state index contributed by atoms with van der Waals surface area (Å²) in [6.07, 6.45) is 10.1. The summed E-state index contributed by atoms with van der Waals surface area (Å²) in [5.41, 5.74) is 0. The first-order valence-electron chi connectivity index (χ1n) is 5.49. The number of dihydropyridines is 1. The molecule has 0 aliphatic carbocycles. The molecule has 0 bridgehead atoms. The summed E-state index contributed by atoms with van der Waals surface area (Å²) >= 11 is 0. The molecule has 2 aliphatic rings. The van der Waals surface area contributed by atoms with Gasteiger partial charge in [0.05, 0.1) is 12.1 Å². The van der Waals surface area contributed by atoms with Gasteiger partial charge < -0.3 is 20.8 Å². The van der Waals surface area contributed by atoms with Crippen LogP contribution in [-0.2, 0) is 0 Å². The van der Waals surface area contributed by atoms with Crippen molar-refractivity contribution in [3.05, 3.63) is 24.4 Å². The second kappa shape index (κ2) is 4.35. The average Bonchev–Trinajstić information content (AvgIpc) is 2.31. The molecule has 0 aromatic rings. The van der Waals surface area contributed by atoms with Gasteiger partial charge in [-0.15, -0.1) is 0 Å². The van der Waals surface area contributed by atoms with Crippen molar-refractivity contribution in [2.24, 2.45) is 0 Å². The highest BCUT2D eigenvalue weighted by Crippen LogP contribution is 2.22. The van der Waals surface area contributed by atoms with Crippen molar-refractivity contribution >= 4 is 0 Å². The van der Waals surface area contributed by atoms with E-state index >= 15 is 0 Å². The van der Waals surface area contributed by atoms with Crippen LogP contribution in [0.1, 0.15) is 19.3 Å². The molecule has 1 fully saturated rings. The number of hydrogen-bond acceptors (Lipinski definition) is 4. The van der Waals surface area contributed by atoms with E-state index in [0.717, 1.165) is 25.8 Å². The highest BCUT2D eigenvalue weighted by molar-refractivity contribution is 5.16. The molecule has 0 aromatic heterocycles. The highest BCUT2D eigenvalue weighted by Gasteiger charge is 2.41. The van der Waals surface area contributed by atoms with Gasteiger partial charge in [0.25, 0.3) is 0 Å². The summed E-state index contributed by atoms with van der Waals surface area (Å²) in [6.45, 7) is 0.861. The van der Waals surface area contributed by atoms with E-state index in [4.69, 9.17) is 0 Å². The smallest absolute Gasteiger partial charge is 0.203 e. The molecule has 84 valence electrons. The molecule has 2 unspecified atom stereocenters. The van der Waals surface area contributed by atoms with Crippen molar-refractivity contribution in [1.29, 1.82) is 0 Å². The number of allylic oxidation sites excluding steroid dienone is 2. The minimum absolute atomic E-state index is 0.250. The van der Waals surface area contributed by atoms with Crippen molar-refractivity contribution < 1.29 is 10.2 Å². The maximum absolute atomic E-state index is 10.1. The molecule has 0 amide bonds. The Kier molecular flexibility index (Phi) is 3.09. The van der Waals surface area contributed by atoms with E-state index in [9.17, 15) is 10.2 Å². The van der Waals surface area contributed by atoms with E-state index in [1.807, 2.05) is 12.2 Å². The molecule has 2 aliphatic heterocycles. The lowest BCUT2D eigenvalue weighted by molar-refractivity contribution is -0.197. The third-order valence-corrected chi connectivity index (χ3v) is 3.07. The van der Waals surface area contributed by atoms with Gasteiger partial charge in [0, 0.05) is 0 Å². The van der Waals surface area contributed by atoms with Crippen LogP contribution in [0.15, 0.2) is 24.4 Å². The molecule has 0 spiro atoms. The van der Waals surface area contributed by atoms with Gasteiger partial charge in [0.2, 0.25) is 5.79 Å². The quantitative estimate of drug-likeness (QED) is 0.479. The second-order valence-electron chi connectivity index (χ2n) is 4.17. The highest BCUT2D eigenvalue weighted by atomic mass is 16.5. The summed E-state index contributed by atoms with van der Waals surface area (Å²) in [6, 6.07) is -0.682. The maximum atomic E-state index is 10.1. The zero-order valence-corrected chi connectivity index (χ0v) is 8.69. The van der Waals surface area contributed by atoms with E-state index in [1.165, 1.54) is 0 Å². The number of rotatable bonds is 2. The van der Waals surface area contributed by atoms with Crippen LogP contribution >= 0.6 is 0 Å². The van der Waals surface area contributed by atoms with Crippen molar-refractivity contribution in [2.75, 3.05) is 6.54 Å². The summed E-state index contributed by atoms with van der Waals surface area (Å²) in [7, 11) is 0. The SMILES string of the molecule is OC(O)(C1C=CC=CN1)C1CCCCN1. The monoisotopic (exact) mass is 210 g/mol. The Morgan fingerprint density at radius 1 is 1.20 bits per heavy atom. The minimum Gasteiger partial charge on any atom is -0.380 e. The third-order valence-electron chi connectivity index (χ3n) is 3.07. The van der Waals surface area contributed by atoms with E-state index in [-0.39, 0.29) is 6.04 Å². The standard InChI is InChI=1S/C11H18N2O2/c14-11(15,9-5-1-3-7-12-9)10-6-2-4-8-13-10/h1,3,5,7,9-10,12-15H,2,4,6,8H2. The zero-order chi connectivity index (χ0) is 10.7. The Balaban J connectivity index is 2.03. The van der Waals surface area contributed by atoms with Crippen LogP contribution in [0.4, 0.5) is 0 Å². The Bertz CT molecular complexity index is 268. The van der Waals surface area contributed by atoms with Crippen LogP contribution in [-0.4, -0.2) is 34.6 Å². The normalized spacial score (nSPS) is 31.3. The molecule has 2 atom stereocenters. The number of piperidine rings is 1. The molecule has 4 N–H and O–H groups in total. The van der Waals surface area contributed by atoms with Crippen LogP contribution in [0.25, 0.3) is 0 Å². The van der Waals surface area contributed by atoms with E-state index in [1.54, 1.807) is 12.3 Å². The van der Waals surface area contributed by atoms with Gasteiger partial charge in [-0.3, -0.25) is 0 Å². The number of hydrogen-bond donors (Lipinski definition) is 4. The van der Waals surface area contributed by atoms with Gasteiger partial charge in [0.15, 0.2) is 0 Å². The van der Waals surface area contributed by atoms with E-state index in [0.29, 0.717) is 0 Å². The summed E-state index contributed by atoms with van der Waals surface area (Å²) in [4.78, 5) is 0. The summed E-state index contributed by atoms with van der Waals surface area (Å²) in [5, 5.41) is 26.3. The largest absolute Gasteiger partial charge is 0.380 e. The van der Waals surface area contributed by atoms with Gasteiger partial charge in [0.1, 0.15) is 0 Å². The first-order chi connectivity index (χ1) is 7.21. The van der Waals surface area contributed by atoms with Crippen molar-refractivity contribution in [3.8, 4) is 0 Å². The average molecular weight is 210 g/mol. The molecule has 2 heterocycles. The minimum atomic E-state index is -1.72. The first kappa shape index (κ1) is 10.7. The lowest BCUT2D eigenvalue weighted by Gasteiger charge is -2.39.